The Morgan fingerprint density at radius 2 is 1.92 bits per heavy atom. The van der Waals surface area contributed by atoms with E-state index in [1.54, 1.807) is 6.08 Å². The molecule has 0 fully saturated rings. The zero-order valence-electron chi connectivity index (χ0n) is 9.05. The maximum Gasteiger partial charge on any atom is 0.235 e. The Labute approximate surface area is 81.4 Å². The van der Waals surface area contributed by atoms with Crippen molar-refractivity contribution in [3.05, 3.63) is 0 Å². The van der Waals surface area contributed by atoms with Crippen molar-refractivity contribution in [1.29, 1.82) is 0 Å². The number of carbonyl (C=O) groups excluding carboxylic acids is 1. The predicted molar refractivity (Wildman–Crippen MR) is 55.5 cm³/mol. The van der Waals surface area contributed by atoms with Gasteiger partial charge in [0.1, 0.15) is 0 Å². The molecular weight excluding hydrogens is 162 g/mol. The van der Waals surface area contributed by atoms with Gasteiger partial charge in [0.15, 0.2) is 0 Å². The highest BCUT2D eigenvalue weighted by Gasteiger charge is 2.10. The van der Waals surface area contributed by atoms with Crippen LogP contribution in [-0.2, 0) is 4.79 Å². The smallest absolute Gasteiger partial charge is 0.211 e. The quantitative estimate of drug-likeness (QED) is 0.338. The number of hydrogen-bond donors (Lipinski definition) is 0. The summed E-state index contributed by atoms with van der Waals surface area (Å²) < 4.78 is 0. The standard InChI is InChI=1S/C11H21NO/c1-4-5-6-7-8-11(10(2)3)12-9-13/h10-11H,4-8H2,1-3H3. The minimum absolute atomic E-state index is 0.189. The van der Waals surface area contributed by atoms with Crippen LogP contribution in [0.2, 0.25) is 0 Å². The average Bonchev–Trinajstić information content (AvgIpc) is 2.10. The topological polar surface area (TPSA) is 29.4 Å². The lowest BCUT2D eigenvalue weighted by atomic mass is 9.98. The van der Waals surface area contributed by atoms with Gasteiger partial charge >= 0.3 is 0 Å². The minimum Gasteiger partial charge on any atom is -0.211 e. The van der Waals surface area contributed by atoms with Gasteiger partial charge in [0.25, 0.3) is 0 Å². The van der Waals surface area contributed by atoms with E-state index in [9.17, 15) is 4.79 Å². The second-order valence-corrected chi connectivity index (χ2v) is 3.88. The first kappa shape index (κ1) is 12.4. The highest BCUT2D eigenvalue weighted by Crippen LogP contribution is 2.14. The van der Waals surface area contributed by atoms with Crippen molar-refractivity contribution in [2.75, 3.05) is 0 Å². The van der Waals surface area contributed by atoms with Gasteiger partial charge in [-0.15, -0.1) is 0 Å². The molecule has 0 amide bonds. The Kier molecular flexibility index (Phi) is 7.62. The molecule has 0 bridgehead atoms. The van der Waals surface area contributed by atoms with Gasteiger partial charge in [-0.1, -0.05) is 46.5 Å². The summed E-state index contributed by atoms with van der Waals surface area (Å²) in [5.41, 5.74) is 0. The second-order valence-electron chi connectivity index (χ2n) is 3.88. The molecule has 0 N–H and O–H groups in total. The van der Waals surface area contributed by atoms with Crippen molar-refractivity contribution in [1.82, 2.24) is 0 Å². The van der Waals surface area contributed by atoms with Crippen LogP contribution in [0.15, 0.2) is 4.99 Å². The Balaban J connectivity index is 3.63. The fraction of sp³-hybridized carbons (Fsp3) is 0.909. The summed E-state index contributed by atoms with van der Waals surface area (Å²) in [5, 5.41) is 0. The van der Waals surface area contributed by atoms with Gasteiger partial charge in [-0.3, -0.25) is 0 Å². The van der Waals surface area contributed by atoms with Crippen molar-refractivity contribution >= 4 is 6.08 Å². The van der Waals surface area contributed by atoms with E-state index in [2.05, 4.69) is 25.8 Å². The summed E-state index contributed by atoms with van der Waals surface area (Å²) in [5.74, 6) is 0.461. The van der Waals surface area contributed by atoms with Gasteiger partial charge in [-0.2, -0.15) is 0 Å². The van der Waals surface area contributed by atoms with Crippen LogP contribution in [0, 0.1) is 5.92 Å². The van der Waals surface area contributed by atoms with E-state index in [4.69, 9.17) is 0 Å². The van der Waals surface area contributed by atoms with Gasteiger partial charge in [0.2, 0.25) is 6.08 Å². The molecule has 0 rings (SSSR count). The minimum atomic E-state index is 0.189. The van der Waals surface area contributed by atoms with Crippen LogP contribution >= 0.6 is 0 Å². The van der Waals surface area contributed by atoms with Crippen molar-refractivity contribution in [3.63, 3.8) is 0 Å². The molecular formula is C11H21NO. The molecule has 0 radical (unpaired) electrons. The van der Waals surface area contributed by atoms with Crippen LogP contribution in [0.5, 0.6) is 0 Å². The van der Waals surface area contributed by atoms with Crippen molar-refractivity contribution < 1.29 is 4.79 Å². The summed E-state index contributed by atoms with van der Waals surface area (Å²) in [6.07, 6.45) is 7.68. The molecule has 76 valence electrons. The van der Waals surface area contributed by atoms with Crippen molar-refractivity contribution in [2.24, 2.45) is 10.9 Å². The molecule has 0 saturated carbocycles. The Morgan fingerprint density at radius 1 is 1.23 bits per heavy atom. The van der Waals surface area contributed by atoms with E-state index in [0.29, 0.717) is 5.92 Å². The number of unbranched alkanes of at least 4 members (excludes halogenated alkanes) is 3. The summed E-state index contributed by atoms with van der Waals surface area (Å²) in [6, 6.07) is 0.189. The number of aliphatic imine (C=N–C) groups is 1. The Bertz CT molecular complexity index is 159. The molecule has 0 heterocycles. The fourth-order valence-corrected chi connectivity index (χ4v) is 1.39. The molecule has 1 atom stereocenters. The summed E-state index contributed by atoms with van der Waals surface area (Å²) in [7, 11) is 0. The molecule has 0 aliphatic carbocycles. The lowest BCUT2D eigenvalue weighted by Crippen LogP contribution is -2.12. The first-order valence-electron chi connectivity index (χ1n) is 5.29. The van der Waals surface area contributed by atoms with E-state index in [0.717, 1.165) is 6.42 Å². The normalized spacial score (nSPS) is 12.6. The molecule has 13 heavy (non-hydrogen) atoms. The monoisotopic (exact) mass is 183 g/mol. The van der Waals surface area contributed by atoms with E-state index < -0.39 is 0 Å². The highest BCUT2D eigenvalue weighted by molar-refractivity contribution is 5.33. The Morgan fingerprint density at radius 3 is 2.38 bits per heavy atom. The molecule has 0 aromatic rings. The van der Waals surface area contributed by atoms with Crippen LogP contribution in [0.25, 0.3) is 0 Å². The molecule has 2 nitrogen and oxygen atoms in total. The molecule has 0 aliphatic heterocycles. The van der Waals surface area contributed by atoms with Gasteiger partial charge in [-0.25, -0.2) is 9.79 Å². The van der Waals surface area contributed by atoms with E-state index in [1.807, 2.05) is 0 Å². The van der Waals surface area contributed by atoms with E-state index in [-0.39, 0.29) is 6.04 Å². The molecule has 0 aromatic carbocycles. The summed E-state index contributed by atoms with van der Waals surface area (Å²) in [6.45, 7) is 6.40. The van der Waals surface area contributed by atoms with Crippen LogP contribution in [0.3, 0.4) is 0 Å². The largest absolute Gasteiger partial charge is 0.235 e. The first-order valence-corrected chi connectivity index (χ1v) is 5.29. The zero-order chi connectivity index (χ0) is 10.1. The fourth-order valence-electron chi connectivity index (χ4n) is 1.39. The number of hydrogen-bond acceptors (Lipinski definition) is 2. The molecule has 0 saturated heterocycles. The average molecular weight is 183 g/mol. The molecule has 0 spiro atoms. The SMILES string of the molecule is CCCCCCC(N=C=O)C(C)C. The van der Waals surface area contributed by atoms with Crippen LogP contribution in [-0.4, -0.2) is 12.1 Å². The lowest BCUT2D eigenvalue weighted by molar-refractivity contribution is 0.439. The van der Waals surface area contributed by atoms with Crippen molar-refractivity contribution in [3.8, 4) is 0 Å². The Hall–Kier alpha value is -0.620. The maximum atomic E-state index is 10.1. The predicted octanol–water partition coefficient (Wildman–Crippen LogP) is 3.32. The molecule has 0 aromatic heterocycles. The molecule has 1 unspecified atom stereocenters. The molecule has 0 aliphatic rings. The second kappa shape index (κ2) is 8.00. The van der Waals surface area contributed by atoms with Crippen LogP contribution in [0.1, 0.15) is 52.9 Å². The number of rotatable bonds is 7. The van der Waals surface area contributed by atoms with Crippen LogP contribution < -0.4 is 0 Å². The highest BCUT2D eigenvalue weighted by atomic mass is 16.1. The van der Waals surface area contributed by atoms with E-state index >= 15 is 0 Å². The summed E-state index contributed by atoms with van der Waals surface area (Å²) in [4.78, 5) is 13.9. The first-order chi connectivity index (χ1) is 6.22. The zero-order valence-corrected chi connectivity index (χ0v) is 9.05. The third-order valence-corrected chi connectivity index (χ3v) is 2.34. The van der Waals surface area contributed by atoms with Gasteiger partial charge in [-0.05, 0) is 12.3 Å². The van der Waals surface area contributed by atoms with Gasteiger partial charge in [0.05, 0.1) is 6.04 Å². The van der Waals surface area contributed by atoms with Gasteiger partial charge in [0, 0.05) is 0 Å². The number of isocyanates is 1. The van der Waals surface area contributed by atoms with Gasteiger partial charge < -0.3 is 0 Å². The third kappa shape index (κ3) is 6.53. The van der Waals surface area contributed by atoms with Crippen LogP contribution in [0.4, 0.5) is 0 Å². The lowest BCUT2D eigenvalue weighted by Gasteiger charge is -2.13. The van der Waals surface area contributed by atoms with E-state index in [1.165, 1.54) is 25.7 Å². The third-order valence-electron chi connectivity index (χ3n) is 2.34. The summed E-state index contributed by atoms with van der Waals surface area (Å²) >= 11 is 0. The number of nitrogens with zero attached hydrogens (tertiary/aromatic N) is 1. The molecule has 2 heteroatoms. The van der Waals surface area contributed by atoms with Crippen molar-refractivity contribution in [2.45, 2.75) is 58.9 Å². The maximum absolute atomic E-state index is 10.1.